The number of ether oxygens (including phenoxy) is 1. The molecule has 2 rings (SSSR count). The Labute approximate surface area is 126 Å². The van der Waals surface area contributed by atoms with Crippen molar-refractivity contribution in [2.24, 2.45) is 0 Å². The van der Waals surface area contributed by atoms with Gasteiger partial charge in [-0.2, -0.15) is 0 Å². The minimum atomic E-state index is -0.490. The predicted octanol–water partition coefficient (Wildman–Crippen LogP) is 4.53. The second kappa shape index (κ2) is 6.37. The van der Waals surface area contributed by atoms with Crippen LogP contribution in [0.4, 0.5) is 4.39 Å². The highest BCUT2D eigenvalue weighted by Crippen LogP contribution is 2.24. The molecule has 1 atom stereocenters. The minimum absolute atomic E-state index is 0.286. The van der Waals surface area contributed by atoms with Crippen LogP contribution in [0.25, 0.3) is 0 Å². The van der Waals surface area contributed by atoms with E-state index in [2.05, 4.69) is 15.9 Å². The van der Waals surface area contributed by atoms with Gasteiger partial charge in [0.1, 0.15) is 18.2 Å². The van der Waals surface area contributed by atoms with Crippen molar-refractivity contribution >= 4 is 15.9 Å². The molecular formula is C16H16BrFO2. The molecule has 20 heavy (non-hydrogen) atoms. The van der Waals surface area contributed by atoms with E-state index in [1.54, 1.807) is 19.1 Å². The first-order valence-electron chi connectivity index (χ1n) is 6.32. The van der Waals surface area contributed by atoms with Crippen molar-refractivity contribution in [3.05, 3.63) is 63.4 Å². The van der Waals surface area contributed by atoms with Crippen LogP contribution in [-0.4, -0.2) is 5.11 Å². The summed E-state index contributed by atoms with van der Waals surface area (Å²) in [5, 5.41) is 9.52. The van der Waals surface area contributed by atoms with Crippen molar-refractivity contribution < 1.29 is 14.2 Å². The first-order chi connectivity index (χ1) is 9.47. The molecule has 0 unspecified atom stereocenters. The Morgan fingerprint density at radius 3 is 2.60 bits per heavy atom. The van der Waals surface area contributed by atoms with Crippen molar-refractivity contribution in [1.29, 1.82) is 0 Å². The van der Waals surface area contributed by atoms with Crippen molar-refractivity contribution in [3.8, 4) is 5.75 Å². The Bertz CT molecular complexity index is 611. The van der Waals surface area contributed by atoms with Gasteiger partial charge in [0, 0.05) is 0 Å². The molecule has 0 radical (unpaired) electrons. The van der Waals surface area contributed by atoms with Gasteiger partial charge < -0.3 is 9.84 Å². The van der Waals surface area contributed by atoms with Crippen molar-refractivity contribution in [2.45, 2.75) is 26.6 Å². The Morgan fingerprint density at radius 1 is 1.25 bits per heavy atom. The zero-order valence-electron chi connectivity index (χ0n) is 11.4. The van der Waals surface area contributed by atoms with Crippen LogP contribution in [-0.2, 0) is 6.61 Å². The standard InChI is InChI=1S/C16H16BrFO2/c1-10-7-13(11(2)19)4-6-16(10)20-9-12-3-5-15(18)14(17)8-12/h3-8,11,19H,9H2,1-2H3/t11-/m0/s1. The van der Waals surface area contributed by atoms with Gasteiger partial charge in [0.05, 0.1) is 10.6 Å². The molecule has 4 heteroatoms. The second-order valence-corrected chi connectivity index (χ2v) is 5.59. The summed E-state index contributed by atoms with van der Waals surface area (Å²) in [6, 6.07) is 10.4. The number of rotatable bonds is 4. The Kier molecular flexibility index (Phi) is 4.78. The van der Waals surface area contributed by atoms with Crippen LogP contribution in [0.2, 0.25) is 0 Å². The molecule has 106 valence electrons. The van der Waals surface area contributed by atoms with E-state index in [4.69, 9.17) is 4.74 Å². The first kappa shape index (κ1) is 15.0. The monoisotopic (exact) mass is 338 g/mol. The molecule has 2 aromatic rings. The van der Waals surface area contributed by atoms with Gasteiger partial charge in [0.25, 0.3) is 0 Å². The van der Waals surface area contributed by atoms with Gasteiger partial charge in [0.15, 0.2) is 0 Å². The van der Waals surface area contributed by atoms with Crippen LogP contribution < -0.4 is 4.74 Å². The number of aliphatic hydroxyl groups is 1. The Hall–Kier alpha value is -1.39. The van der Waals surface area contributed by atoms with Crippen LogP contribution >= 0.6 is 15.9 Å². The summed E-state index contributed by atoms with van der Waals surface area (Å²) in [7, 11) is 0. The number of aliphatic hydroxyl groups excluding tert-OH is 1. The van der Waals surface area contributed by atoms with E-state index < -0.39 is 6.10 Å². The summed E-state index contributed by atoms with van der Waals surface area (Å²) in [5.41, 5.74) is 2.71. The van der Waals surface area contributed by atoms with E-state index in [0.29, 0.717) is 11.1 Å². The van der Waals surface area contributed by atoms with E-state index >= 15 is 0 Å². The van der Waals surface area contributed by atoms with Gasteiger partial charge in [-0.25, -0.2) is 4.39 Å². The molecule has 0 aliphatic heterocycles. The van der Waals surface area contributed by atoms with Gasteiger partial charge in [-0.3, -0.25) is 0 Å². The van der Waals surface area contributed by atoms with Crippen LogP contribution in [0.3, 0.4) is 0 Å². The summed E-state index contributed by atoms with van der Waals surface area (Å²) in [4.78, 5) is 0. The number of aryl methyl sites for hydroxylation is 1. The van der Waals surface area contributed by atoms with Gasteiger partial charge in [-0.1, -0.05) is 12.1 Å². The van der Waals surface area contributed by atoms with E-state index in [1.165, 1.54) is 6.07 Å². The van der Waals surface area contributed by atoms with Crippen LogP contribution in [0.1, 0.15) is 29.7 Å². The lowest BCUT2D eigenvalue weighted by molar-refractivity contribution is 0.199. The van der Waals surface area contributed by atoms with E-state index in [9.17, 15) is 9.50 Å². The molecule has 0 fully saturated rings. The molecule has 2 aromatic carbocycles. The number of hydrogen-bond donors (Lipinski definition) is 1. The fraction of sp³-hybridized carbons (Fsp3) is 0.250. The SMILES string of the molecule is Cc1cc([C@H](C)O)ccc1OCc1ccc(F)c(Br)c1. The molecule has 0 amide bonds. The van der Waals surface area contributed by atoms with Gasteiger partial charge >= 0.3 is 0 Å². The lowest BCUT2D eigenvalue weighted by atomic mass is 10.1. The topological polar surface area (TPSA) is 29.5 Å². The smallest absolute Gasteiger partial charge is 0.137 e. The van der Waals surface area contributed by atoms with Crippen LogP contribution in [0.15, 0.2) is 40.9 Å². The number of hydrogen-bond acceptors (Lipinski definition) is 2. The first-order valence-corrected chi connectivity index (χ1v) is 7.12. The van der Waals surface area contributed by atoms with Gasteiger partial charge in [-0.05, 0) is 70.7 Å². The van der Waals surface area contributed by atoms with Crippen LogP contribution in [0.5, 0.6) is 5.75 Å². The zero-order chi connectivity index (χ0) is 14.7. The molecule has 0 saturated carbocycles. The molecule has 0 bridgehead atoms. The number of halogens is 2. The molecule has 0 aliphatic carbocycles. The van der Waals surface area contributed by atoms with Crippen LogP contribution in [0, 0.1) is 12.7 Å². The Balaban J connectivity index is 2.09. The molecular weight excluding hydrogens is 323 g/mol. The molecule has 1 N–H and O–H groups in total. The average molecular weight is 339 g/mol. The fourth-order valence-electron chi connectivity index (χ4n) is 1.88. The Morgan fingerprint density at radius 2 is 2.00 bits per heavy atom. The third-order valence-electron chi connectivity index (χ3n) is 3.06. The zero-order valence-corrected chi connectivity index (χ0v) is 12.9. The van der Waals surface area contributed by atoms with Crippen molar-refractivity contribution in [1.82, 2.24) is 0 Å². The molecule has 0 spiro atoms. The highest BCUT2D eigenvalue weighted by Gasteiger charge is 2.06. The second-order valence-electron chi connectivity index (χ2n) is 4.74. The molecule has 0 heterocycles. The maximum absolute atomic E-state index is 13.1. The summed E-state index contributed by atoms with van der Waals surface area (Å²) in [6.45, 7) is 4.03. The normalized spacial score (nSPS) is 12.2. The lowest BCUT2D eigenvalue weighted by Gasteiger charge is -2.12. The van der Waals surface area contributed by atoms with Crippen molar-refractivity contribution in [2.75, 3.05) is 0 Å². The predicted molar refractivity (Wildman–Crippen MR) is 80.2 cm³/mol. The lowest BCUT2D eigenvalue weighted by Crippen LogP contribution is -1.99. The average Bonchev–Trinajstić information content (AvgIpc) is 2.41. The molecule has 0 aromatic heterocycles. The quantitative estimate of drug-likeness (QED) is 0.887. The van der Waals surface area contributed by atoms with Crippen molar-refractivity contribution in [3.63, 3.8) is 0 Å². The molecule has 0 aliphatic rings. The summed E-state index contributed by atoms with van der Waals surface area (Å²) in [6.07, 6.45) is -0.490. The highest BCUT2D eigenvalue weighted by atomic mass is 79.9. The minimum Gasteiger partial charge on any atom is -0.489 e. The maximum Gasteiger partial charge on any atom is 0.137 e. The maximum atomic E-state index is 13.1. The molecule has 2 nitrogen and oxygen atoms in total. The van der Waals surface area contributed by atoms with Gasteiger partial charge in [-0.15, -0.1) is 0 Å². The van der Waals surface area contributed by atoms with E-state index in [1.807, 2.05) is 25.1 Å². The van der Waals surface area contributed by atoms with E-state index in [-0.39, 0.29) is 5.82 Å². The highest BCUT2D eigenvalue weighted by molar-refractivity contribution is 9.10. The summed E-state index contributed by atoms with van der Waals surface area (Å²) >= 11 is 3.15. The van der Waals surface area contributed by atoms with E-state index in [0.717, 1.165) is 22.4 Å². The summed E-state index contributed by atoms with van der Waals surface area (Å²) < 4.78 is 19.3. The largest absolute Gasteiger partial charge is 0.489 e. The van der Waals surface area contributed by atoms with Gasteiger partial charge in [0.2, 0.25) is 0 Å². The summed E-state index contributed by atoms with van der Waals surface area (Å²) in [5.74, 6) is 0.473. The third kappa shape index (κ3) is 3.58. The third-order valence-corrected chi connectivity index (χ3v) is 3.67. The number of benzene rings is 2. The molecule has 0 saturated heterocycles. The fourth-order valence-corrected chi connectivity index (χ4v) is 2.31.